The largest absolute Gasteiger partial charge is 0.497 e. The summed E-state index contributed by atoms with van der Waals surface area (Å²) in [6, 6.07) is 6.87. The Hall–Kier alpha value is -3.62. The Kier molecular flexibility index (Phi) is 5.03. The van der Waals surface area contributed by atoms with Crippen LogP contribution in [0.3, 0.4) is 0 Å². The summed E-state index contributed by atoms with van der Waals surface area (Å²) < 4.78 is 7.07. The van der Waals surface area contributed by atoms with Gasteiger partial charge < -0.3 is 19.7 Å². The van der Waals surface area contributed by atoms with Crippen LogP contribution in [0.4, 0.5) is 0 Å². The van der Waals surface area contributed by atoms with E-state index >= 15 is 0 Å². The molecule has 0 aliphatic carbocycles. The van der Waals surface area contributed by atoms with Gasteiger partial charge in [-0.25, -0.2) is 9.78 Å². The zero-order valence-electron chi connectivity index (χ0n) is 15.9. The lowest BCUT2D eigenvalue weighted by Gasteiger charge is -2.18. The van der Waals surface area contributed by atoms with Crippen LogP contribution >= 0.6 is 0 Å². The van der Waals surface area contributed by atoms with E-state index in [1.54, 1.807) is 18.0 Å². The van der Waals surface area contributed by atoms with Crippen molar-refractivity contribution in [2.45, 2.75) is 25.3 Å². The molecule has 2 aromatic heterocycles. The van der Waals surface area contributed by atoms with E-state index in [1.807, 2.05) is 24.3 Å². The summed E-state index contributed by atoms with van der Waals surface area (Å²) in [6.45, 7) is 0.633. The van der Waals surface area contributed by atoms with Crippen LogP contribution in [0.15, 0.2) is 36.8 Å². The number of amides is 1. The molecule has 29 heavy (non-hydrogen) atoms. The van der Waals surface area contributed by atoms with E-state index in [0.717, 1.165) is 18.4 Å². The first-order valence-electron chi connectivity index (χ1n) is 9.36. The van der Waals surface area contributed by atoms with Crippen molar-refractivity contribution in [3.63, 3.8) is 0 Å². The molecule has 0 spiro atoms. The SMILES string of the molecule is COc1cccc(-c2ncn([C@@H]3CCCCNC3=O)c2-c2cn[nH]c2C(=O)O)c1. The molecule has 9 heteroatoms. The molecule has 1 saturated heterocycles. The summed E-state index contributed by atoms with van der Waals surface area (Å²) in [4.78, 5) is 29.0. The van der Waals surface area contributed by atoms with Crippen LogP contribution < -0.4 is 10.1 Å². The van der Waals surface area contributed by atoms with Gasteiger partial charge in [0.1, 0.15) is 11.8 Å². The molecule has 3 aromatic rings. The number of aromatic carboxylic acids is 1. The lowest BCUT2D eigenvalue weighted by molar-refractivity contribution is -0.124. The number of hydrogen-bond donors (Lipinski definition) is 3. The fourth-order valence-electron chi connectivity index (χ4n) is 3.66. The number of methoxy groups -OCH3 is 1. The van der Waals surface area contributed by atoms with Crippen molar-refractivity contribution in [3.8, 4) is 28.3 Å². The Morgan fingerprint density at radius 3 is 3.00 bits per heavy atom. The number of carboxylic acids is 1. The van der Waals surface area contributed by atoms with Crippen molar-refractivity contribution < 1.29 is 19.4 Å². The number of imidazole rings is 1. The van der Waals surface area contributed by atoms with Gasteiger partial charge in [0.25, 0.3) is 0 Å². The summed E-state index contributed by atoms with van der Waals surface area (Å²) in [5.41, 5.74) is 2.18. The normalized spacial score (nSPS) is 16.9. The smallest absolute Gasteiger partial charge is 0.354 e. The van der Waals surface area contributed by atoms with Gasteiger partial charge in [0.05, 0.1) is 36.6 Å². The number of nitrogens with zero attached hydrogens (tertiary/aromatic N) is 3. The minimum Gasteiger partial charge on any atom is -0.497 e. The van der Waals surface area contributed by atoms with Crippen LogP contribution in [0.2, 0.25) is 0 Å². The van der Waals surface area contributed by atoms with Gasteiger partial charge in [0.2, 0.25) is 5.91 Å². The van der Waals surface area contributed by atoms with E-state index in [-0.39, 0.29) is 11.6 Å². The van der Waals surface area contributed by atoms with Crippen molar-refractivity contribution in [2.75, 3.05) is 13.7 Å². The molecule has 0 bridgehead atoms. The summed E-state index contributed by atoms with van der Waals surface area (Å²) in [5.74, 6) is -0.577. The number of aromatic nitrogens is 4. The Morgan fingerprint density at radius 1 is 1.34 bits per heavy atom. The van der Waals surface area contributed by atoms with Crippen LogP contribution in [0.1, 0.15) is 35.8 Å². The summed E-state index contributed by atoms with van der Waals surface area (Å²) in [7, 11) is 1.58. The highest BCUT2D eigenvalue weighted by atomic mass is 16.5. The second kappa shape index (κ2) is 7.78. The first kappa shape index (κ1) is 18.7. The molecule has 0 unspecified atom stereocenters. The molecular weight excluding hydrogens is 374 g/mol. The molecule has 9 nitrogen and oxygen atoms in total. The zero-order chi connectivity index (χ0) is 20.4. The minimum absolute atomic E-state index is 0.0510. The van der Waals surface area contributed by atoms with Crippen molar-refractivity contribution >= 4 is 11.9 Å². The van der Waals surface area contributed by atoms with Gasteiger partial charge in [-0.15, -0.1) is 0 Å². The summed E-state index contributed by atoms with van der Waals surface area (Å²) in [5, 5.41) is 19.0. The highest BCUT2D eigenvalue weighted by Crippen LogP contribution is 2.37. The average molecular weight is 395 g/mol. The number of carbonyl (C=O) groups is 2. The number of nitrogens with one attached hydrogen (secondary N) is 2. The molecule has 1 aliphatic rings. The standard InChI is InChI=1S/C20H21N5O4/c1-29-13-6-4-5-12(9-13)16-18(14-10-23-24-17(14)20(27)28)25(11-22-16)15-7-2-3-8-21-19(15)26/h4-6,9-11,15H,2-3,7-8H2,1H3,(H,21,26)(H,23,24)(H,27,28)/t15-/m1/s1. The molecule has 1 aromatic carbocycles. The molecule has 0 radical (unpaired) electrons. The van der Waals surface area contributed by atoms with E-state index in [9.17, 15) is 14.7 Å². The predicted octanol–water partition coefficient (Wildman–Crippen LogP) is 2.49. The van der Waals surface area contributed by atoms with Gasteiger partial charge >= 0.3 is 5.97 Å². The van der Waals surface area contributed by atoms with Gasteiger partial charge in [0.15, 0.2) is 5.69 Å². The maximum absolute atomic E-state index is 12.7. The van der Waals surface area contributed by atoms with Crippen molar-refractivity contribution in [3.05, 3.63) is 42.5 Å². The molecule has 3 N–H and O–H groups in total. The fourth-order valence-corrected chi connectivity index (χ4v) is 3.66. The van der Waals surface area contributed by atoms with Crippen molar-refractivity contribution in [2.24, 2.45) is 0 Å². The third kappa shape index (κ3) is 3.46. The van der Waals surface area contributed by atoms with Crippen LogP contribution in [-0.4, -0.2) is 50.4 Å². The topological polar surface area (TPSA) is 122 Å². The second-order valence-electron chi connectivity index (χ2n) is 6.85. The van der Waals surface area contributed by atoms with E-state index in [1.165, 1.54) is 6.20 Å². The van der Waals surface area contributed by atoms with Crippen LogP contribution in [0.25, 0.3) is 22.5 Å². The van der Waals surface area contributed by atoms with E-state index < -0.39 is 12.0 Å². The third-order valence-corrected chi connectivity index (χ3v) is 5.09. The van der Waals surface area contributed by atoms with Crippen LogP contribution in [-0.2, 0) is 4.79 Å². The van der Waals surface area contributed by atoms with Crippen molar-refractivity contribution in [1.29, 1.82) is 0 Å². The number of H-pyrrole nitrogens is 1. The Balaban J connectivity index is 1.92. The van der Waals surface area contributed by atoms with Gasteiger partial charge in [-0.05, 0) is 31.4 Å². The first-order chi connectivity index (χ1) is 14.1. The highest BCUT2D eigenvalue weighted by Gasteiger charge is 2.29. The Bertz CT molecular complexity index is 1050. The molecule has 3 heterocycles. The fraction of sp³-hybridized carbons (Fsp3) is 0.300. The molecule has 0 saturated carbocycles. The maximum atomic E-state index is 12.7. The molecule has 1 aliphatic heterocycles. The monoisotopic (exact) mass is 395 g/mol. The number of carbonyl (C=O) groups excluding carboxylic acids is 1. The Morgan fingerprint density at radius 2 is 2.21 bits per heavy atom. The third-order valence-electron chi connectivity index (χ3n) is 5.09. The molecule has 1 atom stereocenters. The van der Waals surface area contributed by atoms with E-state index in [4.69, 9.17) is 4.74 Å². The molecular formula is C20H21N5O4. The predicted molar refractivity (Wildman–Crippen MR) is 105 cm³/mol. The minimum atomic E-state index is -1.13. The number of hydrogen-bond acceptors (Lipinski definition) is 5. The van der Waals surface area contributed by atoms with Gasteiger partial charge in [-0.2, -0.15) is 5.10 Å². The quantitative estimate of drug-likeness (QED) is 0.610. The van der Waals surface area contributed by atoms with Crippen LogP contribution in [0, 0.1) is 0 Å². The Labute approximate surface area is 166 Å². The number of carboxylic acid groups (broad SMARTS) is 1. The van der Waals surface area contributed by atoms with E-state index in [2.05, 4.69) is 20.5 Å². The van der Waals surface area contributed by atoms with E-state index in [0.29, 0.717) is 35.7 Å². The number of ether oxygens (including phenoxy) is 1. The summed E-state index contributed by atoms with van der Waals surface area (Å²) in [6.07, 6.45) is 5.48. The van der Waals surface area contributed by atoms with Gasteiger partial charge in [-0.3, -0.25) is 9.89 Å². The summed E-state index contributed by atoms with van der Waals surface area (Å²) >= 11 is 0. The van der Waals surface area contributed by atoms with Gasteiger partial charge in [0, 0.05) is 12.1 Å². The molecule has 1 amide bonds. The highest BCUT2D eigenvalue weighted by molar-refractivity contribution is 5.96. The lowest BCUT2D eigenvalue weighted by Crippen LogP contribution is -2.31. The number of benzene rings is 1. The molecule has 1 fully saturated rings. The first-order valence-corrected chi connectivity index (χ1v) is 9.36. The maximum Gasteiger partial charge on any atom is 0.354 e. The van der Waals surface area contributed by atoms with Crippen molar-refractivity contribution in [1.82, 2.24) is 25.1 Å². The lowest BCUT2D eigenvalue weighted by atomic mass is 10.0. The average Bonchev–Trinajstić information content (AvgIpc) is 3.32. The second-order valence-corrected chi connectivity index (χ2v) is 6.85. The number of rotatable bonds is 5. The number of aromatic amines is 1. The molecule has 150 valence electrons. The molecule has 4 rings (SSSR count). The van der Waals surface area contributed by atoms with Crippen LogP contribution in [0.5, 0.6) is 5.75 Å². The van der Waals surface area contributed by atoms with Gasteiger partial charge in [-0.1, -0.05) is 12.1 Å². The zero-order valence-corrected chi connectivity index (χ0v) is 15.9.